The van der Waals surface area contributed by atoms with Gasteiger partial charge in [-0.3, -0.25) is 4.79 Å². The third kappa shape index (κ3) is 3.80. The van der Waals surface area contributed by atoms with E-state index in [4.69, 9.17) is 4.74 Å². The quantitative estimate of drug-likeness (QED) is 0.567. The van der Waals surface area contributed by atoms with Gasteiger partial charge < -0.3 is 10.1 Å². The van der Waals surface area contributed by atoms with E-state index in [0.717, 1.165) is 16.2 Å². The number of fused-ring (bicyclic) bond motifs is 1. The standard InChI is InChI=1S/C19H15FN4O2S/c1-12-21-11-17-24(12)23-19(27-17)18(25)22-10-13-2-6-15(7-3-13)26-16-8-4-14(20)5-9-16/h2-9,11H,10H2,1H3,(H,22,25). The molecule has 0 unspecified atom stereocenters. The van der Waals surface area contributed by atoms with E-state index in [1.54, 1.807) is 35.0 Å². The smallest absolute Gasteiger partial charge is 0.282 e. The number of amides is 1. The fourth-order valence-electron chi connectivity index (χ4n) is 2.48. The molecule has 27 heavy (non-hydrogen) atoms. The molecular formula is C19H15FN4O2S. The first-order valence-corrected chi connectivity index (χ1v) is 9.02. The molecule has 136 valence electrons. The van der Waals surface area contributed by atoms with Crippen LogP contribution in [-0.4, -0.2) is 20.5 Å². The highest BCUT2D eigenvalue weighted by Gasteiger charge is 2.14. The Bertz CT molecular complexity index is 1090. The Balaban J connectivity index is 1.36. The summed E-state index contributed by atoms with van der Waals surface area (Å²) in [6.07, 6.45) is 1.70. The summed E-state index contributed by atoms with van der Waals surface area (Å²) in [5.74, 6) is 1.40. The van der Waals surface area contributed by atoms with E-state index >= 15 is 0 Å². The van der Waals surface area contributed by atoms with Crippen LogP contribution in [0.4, 0.5) is 4.39 Å². The van der Waals surface area contributed by atoms with Crippen molar-refractivity contribution in [2.45, 2.75) is 13.5 Å². The zero-order chi connectivity index (χ0) is 18.8. The minimum absolute atomic E-state index is 0.227. The van der Waals surface area contributed by atoms with Gasteiger partial charge >= 0.3 is 0 Å². The van der Waals surface area contributed by atoms with E-state index < -0.39 is 0 Å². The first-order valence-electron chi connectivity index (χ1n) is 8.20. The van der Waals surface area contributed by atoms with Crippen molar-refractivity contribution in [3.05, 3.63) is 76.9 Å². The Morgan fingerprint density at radius 3 is 2.48 bits per heavy atom. The van der Waals surface area contributed by atoms with Crippen LogP contribution in [0.1, 0.15) is 21.2 Å². The molecule has 6 nitrogen and oxygen atoms in total. The number of ether oxygens (including phenoxy) is 1. The summed E-state index contributed by atoms with van der Waals surface area (Å²) < 4.78 is 20.2. The molecule has 2 heterocycles. The highest BCUT2D eigenvalue weighted by Crippen LogP contribution is 2.22. The summed E-state index contributed by atoms with van der Waals surface area (Å²) in [6.45, 7) is 2.21. The van der Waals surface area contributed by atoms with Crippen LogP contribution in [0, 0.1) is 12.7 Å². The van der Waals surface area contributed by atoms with Crippen LogP contribution in [-0.2, 0) is 6.54 Å². The molecule has 0 atom stereocenters. The van der Waals surface area contributed by atoms with Crippen molar-refractivity contribution >= 4 is 22.1 Å². The molecule has 0 saturated carbocycles. The highest BCUT2D eigenvalue weighted by molar-refractivity contribution is 7.18. The molecule has 0 radical (unpaired) electrons. The molecule has 0 fully saturated rings. The Hall–Kier alpha value is -3.26. The van der Waals surface area contributed by atoms with Crippen molar-refractivity contribution < 1.29 is 13.9 Å². The van der Waals surface area contributed by atoms with E-state index in [0.29, 0.717) is 23.1 Å². The average Bonchev–Trinajstić information content (AvgIpc) is 3.25. The maximum Gasteiger partial charge on any atom is 0.282 e. The molecule has 0 spiro atoms. The summed E-state index contributed by atoms with van der Waals surface area (Å²) >= 11 is 1.30. The number of carbonyl (C=O) groups is 1. The van der Waals surface area contributed by atoms with E-state index in [1.165, 1.54) is 23.5 Å². The molecule has 8 heteroatoms. The average molecular weight is 382 g/mol. The lowest BCUT2D eigenvalue weighted by Crippen LogP contribution is -2.22. The summed E-state index contributed by atoms with van der Waals surface area (Å²) in [6, 6.07) is 13.1. The number of aromatic nitrogens is 3. The lowest BCUT2D eigenvalue weighted by molar-refractivity contribution is 0.0949. The molecule has 4 rings (SSSR count). The number of carbonyl (C=O) groups excluding carboxylic acids is 1. The van der Waals surface area contributed by atoms with Crippen molar-refractivity contribution in [1.82, 2.24) is 19.9 Å². The number of halogens is 1. The van der Waals surface area contributed by atoms with Crippen LogP contribution in [0.25, 0.3) is 4.83 Å². The van der Waals surface area contributed by atoms with Gasteiger partial charge in [-0.1, -0.05) is 23.5 Å². The minimum atomic E-state index is -0.308. The van der Waals surface area contributed by atoms with Crippen LogP contribution in [0.5, 0.6) is 11.5 Å². The molecular weight excluding hydrogens is 367 g/mol. The van der Waals surface area contributed by atoms with Gasteiger partial charge in [0, 0.05) is 6.54 Å². The van der Waals surface area contributed by atoms with Gasteiger partial charge in [0.2, 0.25) is 5.01 Å². The molecule has 2 aromatic carbocycles. The second-order valence-electron chi connectivity index (χ2n) is 5.85. The molecule has 4 aromatic rings. The van der Waals surface area contributed by atoms with Gasteiger partial charge in [-0.25, -0.2) is 13.9 Å². The molecule has 0 aliphatic heterocycles. The third-order valence-corrected chi connectivity index (χ3v) is 4.84. The Morgan fingerprint density at radius 2 is 1.81 bits per heavy atom. The maximum absolute atomic E-state index is 12.9. The van der Waals surface area contributed by atoms with Gasteiger partial charge in [0.1, 0.15) is 28.0 Å². The number of hydrogen-bond acceptors (Lipinski definition) is 5. The van der Waals surface area contributed by atoms with Crippen LogP contribution in [0.15, 0.2) is 54.7 Å². The van der Waals surface area contributed by atoms with E-state index in [2.05, 4.69) is 15.4 Å². The molecule has 0 bridgehead atoms. The van der Waals surface area contributed by atoms with Gasteiger partial charge in [-0.15, -0.1) is 5.10 Å². The number of benzene rings is 2. The Labute approximate surface area is 158 Å². The van der Waals surface area contributed by atoms with E-state index in [9.17, 15) is 9.18 Å². The fraction of sp³-hybridized carbons (Fsp3) is 0.105. The number of rotatable bonds is 5. The summed E-state index contributed by atoms with van der Waals surface area (Å²) in [5, 5.41) is 7.51. The fourth-order valence-corrected chi connectivity index (χ4v) is 3.33. The van der Waals surface area contributed by atoms with Crippen molar-refractivity contribution in [2.75, 3.05) is 0 Å². The van der Waals surface area contributed by atoms with Crippen LogP contribution in [0.2, 0.25) is 0 Å². The SMILES string of the molecule is Cc1ncc2sc(C(=O)NCc3ccc(Oc4ccc(F)cc4)cc3)nn12. The monoisotopic (exact) mass is 382 g/mol. The lowest BCUT2D eigenvalue weighted by Gasteiger charge is -2.07. The predicted octanol–water partition coefficient (Wildman–Crippen LogP) is 3.96. The summed E-state index contributed by atoms with van der Waals surface area (Å²) in [5.41, 5.74) is 0.927. The first kappa shape index (κ1) is 17.2. The number of aryl methyl sites for hydroxylation is 1. The molecule has 0 aliphatic carbocycles. The number of hydrogen-bond donors (Lipinski definition) is 1. The van der Waals surface area contributed by atoms with Crippen LogP contribution >= 0.6 is 11.3 Å². The van der Waals surface area contributed by atoms with Gasteiger partial charge in [0.05, 0.1) is 6.20 Å². The molecule has 1 amide bonds. The number of nitrogens with zero attached hydrogens (tertiary/aromatic N) is 3. The molecule has 1 N–H and O–H groups in total. The molecule has 0 saturated heterocycles. The van der Waals surface area contributed by atoms with Gasteiger partial charge in [-0.05, 0) is 48.9 Å². The second-order valence-corrected chi connectivity index (χ2v) is 6.85. The Kier molecular flexibility index (Phi) is 4.55. The first-order chi connectivity index (χ1) is 13.1. The normalized spacial score (nSPS) is 10.9. The molecule has 2 aromatic heterocycles. The van der Waals surface area contributed by atoms with E-state index in [-0.39, 0.29) is 11.7 Å². The van der Waals surface area contributed by atoms with Crippen LogP contribution in [0.3, 0.4) is 0 Å². The lowest BCUT2D eigenvalue weighted by atomic mass is 10.2. The van der Waals surface area contributed by atoms with Gasteiger partial charge in [0.25, 0.3) is 5.91 Å². The zero-order valence-corrected chi connectivity index (χ0v) is 15.2. The minimum Gasteiger partial charge on any atom is -0.457 e. The van der Waals surface area contributed by atoms with E-state index in [1.807, 2.05) is 19.1 Å². The largest absolute Gasteiger partial charge is 0.457 e. The van der Waals surface area contributed by atoms with Gasteiger partial charge in [0.15, 0.2) is 0 Å². The van der Waals surface area contributed by atoms with Gasteiger partial charge in [-0.2, -0.15) is 0 Å². The number of nitrogens with one attached hydrogen (secondary N) is 1. The topological polar surface area (TPSA) is 68.5 Å². The summed E-state index contributed by atoms with van der Waals surface area (Å²) in [7, 11) is 0. The van der Waals surface area contributed by atoms with Crippen molar-refractivity contribution in [3.8, 4) is 11.5 Å². The second kappa shape index (κ2) is 7.16. The van der Waals surface area contributed by atoms with Crippen LogP contribution < -0.4 is 10.1 Å². The predicted molar refractivity (Wildman–Crippen MR) is 99.7 cm³/mol. The molecule has 0 aliphatic rings. The summed E-state index contributed by atoms with van der Waals surface area (Å²) in [4.78, 5) is 17.3. The third-order valence-electron chi connectivity index (χ3n) is 3.89. The van der Waals surface area contributed by atoms with Crippen molar-refractivity contribution in [2.24, 2.45) is 0 Å². The van der Waals surface area contributed by atoms with Crippen molar-refractivity contribution in [3.63, 3.8) is 0 Å². The highest BCUT2D eigenvalue weighted by atomic mass is 32.1. The van der Waals surface area contributed by atoms with Crippen molar-refractivity contribution in [1.29, 1.82) is 0 Å². The Morgan fingerprint density at radius 1 is 1.15 bits per heavy atom. The maximum atomic E-state index is 12.9. The zero-order valence-electron chi connectivity index (χ0n) is 14.3. The number of imidazole rings is 1.